The molecule has 5 aromatic rings. The largest absolute Gasteiger partial charge is 0.496 e. The average Bonchev–Trinajstić information content (AvgIpc) is 3.54. The maximum absolute atomic E-state index is 13.1. The van der Waals surface area contributed by atoms with E-state index < -0.39 is 5.91 Å². The Labute approximate surface area is 213 Å². The van der Waals surface area contributed by atoms with Crippen LogP contribution in [0.2, 0.25) is 0 Å². The number of anilines is 1. The number of nitrogens with one attached hydrogen (secondary N) is 2. The van der Waals surface area contributed by atoms with E-state index in [1.165, 1.54) is 4.90 Å². The van der Waals surface area contributed by atoms with Crippen LogP contribution >= 0.6 is 0 Å². The Morgan fingerprint density at radius 2 is 1.84 bits per heavy atom. The number of hydrogen-bond acceptors (Lipinski definition) is 5. The van der Waals surface area contributed by atoms with Gasteiger partial charge in [0, 0.05) is 61.8 Å². The summed E-state index contributed by atoms with van der Waals surface area (Å²) in [4.78, 5) is 39.2. The predicted octanol–water partition coefficient (Wildman–Crippen LogP) is 4.59. The molecule has 2 N–H and O–H groups in total. The van der Waals surface area contributed by atoms with Crippen LogP contribution in [0, 0.1) is 0 Å². The summed E-state index contributed by atoms with van der Waals surface area (Å²) in [6.07, 6.45) is 6.84. The summed E-state index contributed by atoms with van der Waals surface area (Å²) < 4.78 is 7.25. The Balaban J connectivity index is 1.56. The minimum atomic E-state index is -0.391. The number of carbonyl (C=O) groups is 2. The van der Waals surface area contributed by atoms with Gasteiger partial charge in [-0.05, 0) is 29.8 Å². The topological polar surface area (TPSA) is 105 Å². The minimum Gasteiger partial charge on any atom is -0.496 e. The molecule has 0 saturated heterocycles. The van der Waals surface area contributed by atoms with Crippen LogP contribution in [0.3, 0.4) is 0 Å². The number of amides is 2. The lowest BCUT2D eigenvalue weighted by Crippen LogP contribution is -2.24. The quantitative estimate of drug-likeness (QED) is 0.359. The zero-order chi connectivity index (χ0) is 26.1. The number of imidazole rings is 1. The van der Waals surface area contributed by atoms with E-state index in [1.807, 2.05) is 42.6 Å². The van der Waals surface area contributed by atoms with Crippen molar-refractivity contribution in [2.75, 3.05) is 26.5 Å². The van der Waals surface area contributed by atoms with Crippen molar-refractivity contribution < 1.29 is 14.3 Å². The molecule has 2 aromatic carbocycles. The van der Waals surface area contributed by atoms with Gasteiger partial charge < -0.3 is 24.5 Å². The van der Waals surface area contributed by atoms with Gasteiger partial charge >= 0.3 is 0 Å². The molecule has 2 amide bonds. The van der Waals surface area contributed by atoms with Crippen molar-refractivity contribution in [1.82, 2.24) is 24.4 Å². The number of aromatic amines is 1. The van der Waals surface area contributed by atoms with Gasteiger partial charge in [-0.1, -0.05) is 24.3 Å². The zero-order valence-corrected chi connectivity index (χ0v) is 20.9. The van der Waals surface area contributed by atoms with E-state index >= 15 is 0 Å². The first-order valence-corrected chi connectivity index (χ1v) is 11.6. The van der Waals surface area contributed by atoms with Crippen LogP contribution in [0.5, 0.6) is 5.75 Å². The van der Waals surface area contributed by atoms with Gasteiger partial charge in [-0.3, -0.25) is 9.59 Å². The summed E-state index contributed by atoms with van der Waals surface area (Å²) in [5.74, 6) is 0.141. The van der Waals surface area contributed by atoms with Crippen LogP contribution in [0.25, 0.3) is 33.3 Å². The zero-order valence-electron chi connectivity index (χ0n) is 20.9. The van der Waals surface area contributed by atoms with Crippen molar-refractivity contribution in [2.45, 2.75) is 0 Å². The Bertz CT molecular complexity index is 1630. The highest BCUT2D eigenvalue weighted by molar-refractivity contribution is 6.09. The molecular formula is C28H26N6O3. The van der Waals surface area contributed by atoms with Gasteiger partial charge in [0.2, 0.25) is 0 Å². The van der Waals surface area contributed by atoms with Crippen molar-refractivity contribution in [3.05, 3.63) is 84.7 Å². The second-order valence-electron chi connectivity index (χ2n) is 8.86. The van der Waals surface area contributed by atoms with Crippen molar-refractivity contribution in [3.63, 3.8) is 0 Å². The van der Waals surface area contributed by atoms with Gasteiger partial charge in [0.05, 0.1) is 24.7 Å². The smallest absolute Gasteiger partial charge is 0.275 e. The third-order valence-corrected chi connectivity index (χ3v) is 6.10. The van der Waals surface area contributed by atoms with Crippen molar-refractivity contribution in [2.24, 2.45) is 7.05 Å². The fourth-order valence-corrected chi connectivity index (χ4v) is 4.22. The molecular weight excluding hydrogens is 468 g/mol. The van der Waals surface area contributed by atoms with E-state index in [4.69, 9.17) is 4.74 Å². The van der Waals surface area contributed by atoms with Crippen LogP contribution in [0.4, 0.5) is 5.69 Å². The van der Waals surface area contributed by atoms with Crippen LogP contribution in [-0.2, 0) is 7.05 Å². The summed E-state index contributed by atoms with van der Waals surface area (Å²) in [5, 5.41) is 3.75. The second kappa shape index (κ2) is 9.62. The monoisotopic (exact) mass is 494 g/mol. The first-order chi connectivity index (χ1) is 17.9. The third kappa shape index (κ3) is 4.54. The van der Waals surface area contributed by atoms with E-state index in [1.54, 1.807) is 63.7 Å². The lowest BCUT2D eigenvalue weighted by Gasteiger charge is -2.16. The van der Waals surface area contributed by atoms with Crippen molar-refractivity contribution >= 4 is 28.5 Å². The fraction of sp³-hybridized carbons (Fsp3) is 0.143. The van der Waals surface area contributed by atoms with Crippen LogP contribution < -0.4 is 10.1 Å². The number of methoxy groups -OCH3 is 1. The Morgan fingerprint density at radius 3 is 2.57 bits per heavy atom. The molecule has 9 nitrogen and oxygen atoms in total. The number of aromatic nitrogens is 4. The van der Waals surface area contributed by atoms with E-state index in [-0.39, 0.29) is 11.6 Å². The SMILES string of the molecule is COc1ccccc1-c1c[nH]c2ncc(-c3ccc(NC(=O)c4cn(C)cn4)c(C(=O)N(C)C)c3)cc12. The van der Waals surface area contributed by atoms with Gasteiger partial charge in [0.25, 0.3) is 11.8 Å². The van der Waals surface area contributed by atoms with E-state index in [0.717, 1.165) is 39.0 Å². The van der Waals surface area contributed by atoms with Gasteiger partial charge in [-0.15, -0.1) is 0 Å². The first-order valence-electron chi connectivity index (χ1n) is 11.6. The number of carbonyl (C=O) groups excluding carboxylic acids is 2. The Hall–Kier alpha value is -4.92. The highest BCUT2D eigenvalue weighted by Crippen LogP contribution is 2.36. The normalized spacial score (nSPS) is 10.9. The summed E-state index contributed by atoms with van der Waals surface area (Å²) in [5.41, 5.74) is 5.32. The minimum absolute atomic E-state index is 0.233. The molecule has 9 heteroatoms. The maximum atomic E-state index is 13.1. The summed E-state index contributed by atoms with van der Waals surface area (Å²) in [6.45, 7) is 0. The maximum Gasteiger partial charge on any atom is 0.275 e. The number of pyridine rings is 1. The fourth-order valence-electron chi connectivity index (χ4n) is 4.22. The van der Waals surface area contributed by atoms with E-state index in [2.05, 4.69) is 20.3 Å². The molecule has 0 atom stereocenters. The number of ether oxygens (including phenoxy) is 1. The third-order valence-electron chi connectivity index (χ3n) is 6.10. The number of H-pyrrole nitrogens is 1. The van der Waals surface area contributed by atoms with Crippen LogP contribution in [-0.4, -0.2) is 57.4 Å². The van der Waals surface area contributed by atoms with Gasteiger partial charge in [-0.2, -0.15) is 0 Å². The molecule has 0 radical (unpaired) electrons. The molecule has 0 saturated carbocycles. The van der Waals surface area contributed by atoms with Crippen LogP contribution in [0.15, 0.2) is 73.4 Å². The van der Waals surface area contributed by atoms with Gasteiger partial charge in [-0.25, -0.2) is 9.97 Å². The molecule has 3 heterocycles. The van der Waals surface area contributed by atoms with E-state index in [0.29, 0.717) is 11.3 Å². The van der Waals surface area contributed by atoms with E-state index in [9.17, 15) is 9.59 Å². The highest BCUT2D eigenvalue weighted by Gasteiger charge is 2.19. The molecule has 5 rings (SSSR count). The Kier molecular flexibility index (Phi) is 6.19. The van der Waals surface area contributed by atoms with Gasteiger partial charge in [0.15, 0.2) is 0 Å². The van der Waals surface area contributed by atoms with Gasteiger partial charge in [0.1, 0.15) is 17.1 Å². The molecule has 0 aliphatic rings. The summed E-state index contributed by atoms with van der Waals surface area (Å²) in [7, 11) is 6.78. The number of aryl methyl sites for hydroxylation is 1. The lowest BCUT2D eigenvalue weighted by atomic mass is 9.99. The molecule has 0 aliphatic carbocycles. The predicted molar refractivity (Wildman–Crippen MR) is 143 cm³/mol. The number of para-hydroxylation sites is 1. The number of benzene rings is 2. The molecule has 0 spiro atoms. The molecule has 186 valence electrons. The average molecular weight is 495 g/mol. The first kappa shape index (κ1) is 23.8. The molecule has 0 aliphatic heterocycles. The number of hydrogen-bond donors (Lipinski definition) is 2. The molecule has 3 aromatic heterocycles. The standard InChI is InChI=1S/C28H26N6O3/c1-33(2)28(36)21-11-17(9-10-23(21)32-27(35)24-15-34(3)16-31-24)18-12-20-22(14-30-26(20)29-13-18)19-7-5-6-8-25(19)37-4/h5-16H,1-4H3,(H,29,30)(H,32,35). The van der Waals surface area contributed by atoms with Crippen molar-refractivity contribution in [3.8, 4) is 28.0 Å². The summed E-state index contributed by atoms with van der Waals surface area (Å²) in [6, 6.07) is 15.2. The molecule has 0 unspecified atom stereocenters. The lowest BCUT2D eigenvalue weighted by molar-refractivity contribution is 0.0828. The van der Waals surface area contributed by atoms with Crippen molar-refractivity contribution in [1.29, 1.82) is 0 Å². The number of nitrogens with zero attached hydrogens (tertiary/aromatic N) is 4. The molecule has 0 bridgehead atoms. The second-order valence-corrected chi connectivity index (χ2v) is 8.86. The van der Waals surface area contributed by atoms with Crippen LogP contribution in [0.1, 0.15) is 20.8 Å². The number of rotatable bonds is 6. The number of fused-ring (bicyclic) bond motifs is 1. The summed E-state index contributed by atoms with van der Waals surface area (Å²) >= 11 is 0. The Morgan fingerprint density at radius 1 is 1.03 bits per heavy atom. The molecule has 37 heavy (non-hydrogen) atoms. The highest BCUT2D eigenvalue weighted by atomic mass is 16.5. The molecule has 0 fully saturated rings.